The molecule has 0 atom stereocenters. The van der Waals surface area contributed by atoms with Crippen LogP contribution in [0.15, 0.2) is 135 Å². The number of carbonyl (C=O) groups is 2. The van der Waals surface area contributed by atoms with Gasteiger partial charge < -0.3 is 24.6 Å². The third-order valence-corrected chi connectivity index (χ3v) is 11.0. The standard InChI is InChI=1S/C24H26N4O2.C24H28N4O2/c1-24(2,20-16-21(30-27-20)26-23(25)28-13-6-7-14-28)19-12-8-11-18(15-19)22(29)17-9-4-3-5-10-17;1-5-28(6-2)23(25)26-21-16-20(27-30-21)24(3,4)19-14-10-13-18(15-19)22(29)17-11-8-7-9-12-17/h3-5,8-12,15-16H,6-7,13-14H2,1-2H3,(H2,25,26);7-16H,5-6H2,1-4H3,(H2,25,26). The summed E-state index contributed by atoms with van der Waals surface area (Å²) >= 11 is 0. The van der Waals surface area contributed by atoms with Crippen molar-refractivity contribution in [2.24, 2.45) is 10.7 Å². The molecule has 4 N–H and O–H groups in total. The van der Waals surface area contributed by atoms with Crippen LogP contribution in [-0.4, -0.2) is 69.8 Å². The molecule has 0 unspecified atom stereocenters. The van der Waals surface area contributed by atoms with E-state index in [4.69, 9.17) is 20.2 Å². The molecule has 4 aromatic carbocycles. The number of hydrogen-bond acceptors (Lipinski definition) is 8. The second-order valence-corrected chi connectivity index (χ2v) is 15.7. The third-order valence-electron chi connectivity index (χ3n) is 11.0. The molecular weight excluding hydrogens is 753 g/mol. The molecule has 2 aromatic heterocycles. The number of rotatable bonds is 12. The first-order valence-electron chi connectivity index (χ1n) is 20.4. The molecule has 0 saturated carbocycles. The largest absolute Gasteiger partial charge is 0.369 e. The predicted octanol–water partition coefficient (Wildman–Crippen LogP) is 9.19. The highest BCUT2D eigenvalue weighted by Gasteiger charge is 2.30. The van der Waals surface area contributed by atoms with Crippen LogP contribution < -0.4 is 11.1 Å². The van der Waals surface area contributed by atoms with Crippen molar-refractivity contribution in [2.75, 3.05) is 31.5 Å². The first-order chi connectivity index (χ1) is 28.8. The fourth-order valence-corrected chi connectivity index (χ4v) is 7.01. The summed E-state index contributed by atoms with van der Waals surface area (Å²) in [5, 5.41) is 19.6. The second-order valence-electron chi connectivity index (χ2n) is 15.7. The first kappa shape index (κ1) is 42.8. The molecule has 0 spiro atoms. The minimum absolute atomic E-state index is 0.00271. The molecule has 0 radical (unpaired) electrons. The molecule has 0 aliphatic carbocycles. The van der Waals surface area contributed by atoms with E-state index in [2.05, 4.69) is 20.6 Å². The molecule has 7 rings (SSSR count). The van der Waals surface area contributed by atoms with Gasteiger partial charge in [0.15, 0.2) is 23.5 Å². The van der Waals surface area contributed by atoms with E-state index in [1.165, 1.54) is 0 Å². The Balaban J connectivity index is 0.000000201. The molecule has 3 heterocycles. The van der Waals surface area contributed by atoms with Crippen LogP contribution in [0.5, 0.6) is 0 Å². The van der Waals surface area contributed by atoms with E-state index in [0.717, 1.165) is 61.5 Å². The molecule has 60 heavy (non-hydrogen) atoms. The average molecular weight is 807 g/mol. The van der Waals surface area contributed by atoms with Crippen LogP contribution in [0.3, 0.4) is 0 Å². The van der Waals surface area contributed by atoms with E-state index in [1.54, 1.807) is 0 Å². The smallest absolute Gasteiger partial charge is 0.253 e. The Hall–Kier alpha value is -6.82. The quantitative estimate of drug-likeness (QED) is 0.0616. The fourth-order valence-electron chi connectivity index (χ4n) is 7.01. The van der Waals surface area contributed by atoms with Crippen molar-refractivity contribution < 1.29 is 18.6 Å². The number of guanidine groups is 2. The number of likely N-dealkylation sites (tertiary alicyclic amines) is 1. The molecule has 0 bridgehead atoms. The number of nitrogens with one attached hydrogen (secondary N) is 2. The maximum absolute atomic E-state index is 12.8. The van der Waals surface area contributed by atoms with E-state index in [0.29, 0.717) is 40.0 Å². The van der Waals surface area contributed by atoms with Crippen LogP contribution >= 0.6 is 0 Å². The lowest BCUT2D eigenvalue weighted by Crippen LogP contribution is -2.35. The van der Waals surface area contributed by atoms with E-state index in [1.807, 2.05) is 173 Å². The molecule has 0 amide bonds. The number of carbonyl (C=O) groups excluding carboxylic acids is 2. The topological polar surface area (TPSA) is 167 Å². The third kappa shape index (κ3) is 9.89. The lowest BCUT2D eigenvalue weighted by atomic mass is 9.80. The lowest BCUT2D eigenvalue weighted by molar-refractivity contribution is 0.103. The first-order valence-corrected chi connectivity index (χ1v) is 20.4. The number of hydrogen-bond donors (Lipinski definition) is 3. The zero-order valence-electron chi connectivity index (χ0n) is 35.2. The molecule has 12 heteroatoms. The summed E-state index contributed by atoms with van der Waals surface area (Å²) in [6, 6.07) is 37.4. The van der Waals surface area contributed by atoms with Crippen molar-refractivity contribution in [2.45, 2.75) is 65.2 Å². The van der Waals surface area contributed by atoms with Crippen molar-refractivity contribution in [3.05, 3.63) is 166 Å². The summed E-state index contributed by atoms with van der Waals surface area (Å²) in [5.41, 5.74) is 11.2. The van der Waals surface area contributed by atoms with Crippen molar-refractivity contribution in [3.63, 3.8) is 0 Å². The van der Waals surface area contributed by atoms with Gasteiger partial charge in [0, 0.05) is 71.4 Å². The van der Waals surface area contributed by atoms with Gasteiger partial charge in [0.25, 0.3) is 5.88 Å². The molecule has 12 nitrogen and oxygen atoms in total. The Morgan fingerprint density at radius 3 is 1.67 bits per heavy atom. The van der Waals surface area contributed by atoms with Crippen molar-refractivity contribution >= 4 is 35.3 Å². The van der Waals surface area contributed by atoms with Gasteiger partial charge in [-0.1, -0.05) is 135 Å². The van der Waals surface area contributed by atoms with E-state index >= 15 is 0 Å². The van der Waals surface area contributed by atoms with Gasteiger partial charge in [0.1, 0.15) is 0 Å². The zero-order valence-corrected chi connectivity index (χ0v) is 35.2. The number of aliphatic imine (C=N–C) groups is 1. The van der Waals surface area contributed by atoms with Crippen LogP contribution in [0.1, 0.15) is 109 Å². The van der Waals surface area contributed by atoms with Crippen molar-refractivity contribution in [1.29, 1.82) is 5.41 Å². The minimum atomic E-state index is -0.478. The number of benzene rings is 4. The normalized spacial score (nSPS) is 13.0. The minimum Gasteiger partial charge on any atom is -0.369 e. The van der Waals surface area contributed by atoms with Gasteiger partial charge in [-0.05, 0) is 49.9 Å². The van der Waals surface area contributed by atoms with Gasteiger partial charge in [-0.2, -0.15) is 4.99 Å². The monoisotopic (exact) mass is 806 g/mol. The number of aromatic nitrogens is 2. The second kappa shape index (κ2) is 18.8. The molecular formula is C48H54N8O4. The maximum Gasteiger partial charge on any atom is 0.253 e. The van der Waals surface area contributed by atoms with E-state index < -0.39 is 10.8 Å². The van der Waals surface area contributed by atoms with Crippen molar-refractivity contribution in [1.82, 2.24) is 20.1 Å². The summed E-state index contributed by atoms with van der Waals surface area (Å²) in [6.07, 6.45) is 2.26. The van der Waals surface area contributed by atoms with Crippen LogP contribution in [-0.2, 0) is 10.8 Å². The van der Waals surface area contributed by atoms with Crippen LogP contribution in [0.2, 0.25) is 0 Å². The molecule has 1 saturated heterocycles. The highest BCUT2D eigenvalue weighted by atomic mass is 16.5. The highest BCUT2D eigenvalue weighted by molar-refractivity contribution is 6.09. The highest BCUT2D eigenvalue weighted by Crippen LogP contribution is 2.35. The Bertz CT molecular complexity index is 2420. The number of nitrogens with two attached hydrogens (primary N) is 1. The van der Waals surface area contributed by atoms with Gasteiger partial charge >= 0.3 is 0 Å². The summed E-state index contributed by atoms with van der Waals surface area (Å²) < 4.78 is 10.9. The van der Waals surface area contributed by atoms with E-state index in [-0.39, 0.29) is 17.5 Å². The Labute approximate surface area is 352 Å². The van der Waals surface area contributed by atoms with Gasteiger partial charge in [-0.25, -0.2) is 0 Å². The molecule has 6 aromatic rings. The summed E-state index contributed by atoms with van der Waals surface area (Å²) in [6.45, 7) is 15.5. The molecule has 1 aliphatic rings. The zero-order chi connectivity index (χ0) is 42.9. The molecule has 1 aliphatic heterocycles. The fraction of sp³-hybridized carbons (Fsp3) is 0.292. The predicted molar refractivity (Wildman–Crippen MR) is 236 cm³/mol. The number of ketones is 2. The summed E-state index contributed by atoms with van der Waals surface area (Å²) in [4.78, 5) is 34.0. The lowest BCUT2D eigenvalue weighted by Gasteiger charge is -2.23. The average Bonchev–Trinajstić information content (AvgIpc) is 4.09. The van der Waals surface area contributed by atoms with Gasteiger partial charge in [-0.15, -0.1) is 0 Å². The number of nitrogens with zero attached hydrogens (tertiary/aromatic N) is 5. The number of anilines is 1. The summed E-state index contributed by atoms with van der Waals surface area (Å²) in [7, 11) is 0. The Kier molecular flexibility index (Phi) is 13.4. The van der Waals surface area contributed by atoms with Crippen molar-refractivity contribution in [3.8, 4) is 0 Å². The van der Waals surface area contributed by atoms with Crippen LogP contribution in [0, 0.1) is 5.41 Å². The maximum atomic E-state index is 12.8. The molecule has 310 valence electrons. The van der Waals surface area contributed by atoms with Crippen LogP contribution in [0.4, 0.5) is 11.8 Å². The van der Waals surface area contributed by atoms with Gasteiger partial charge in [0.05, 0.1) is 11.4 Å². The SMILES string of the molecule is CC(C)(c1cccc(C(=O)c2ccccc2)c1)c1cc(/N=C(\N)N2CCCC2)on1.CCN(CC)C(=N)Nc1cc(C(C)(C)c2cccc(C(=O)c3ccccc3)c2)no1. The van der Waals surface area contributed by atoms with Gasteiger partial charge in [-0.3, -0.25) is 20.3 Å². The van der Waals surface area contributed by atoms with E-state index in [9.17, 15) is 9.59 Å². The van der Waals surface area contributed by atoms with Gasteiger partial charge in [0.2, 0.25) is 5.88 Å². The molecule has 1 fully saturated rings. The summed E-state index contributed by atoms with van der Waals surface area (Å²) in [5.74, 6) is 1.53. The Morgan fingerprint density at radius 2 is 1.17 bits per heavy atom. The Morgan fingerprint density at radius 1 is 0.700 bits per heavy atom. The van der Waals surface area contributed by atoms with Crippen LogP contribution in [0.25, 0.3) is 0 Å².